The van der Waals surface area contributed by atoms with Crippen LogP contribution in [0.3, 0.4) is 0 Å². The highest BCUT2D eigenvalue weighted by molar-refractivity contribution is 6.07. The summed E-state index contributed by atoms with van der Waals surface area (Å²) in [7, 11) is 0. The van der Waals surface area contributed by atoms with Crippen LogP contribution in [0.15, 0.2) is 34.1 Å². The molecule has 1 unspecified atom stereocenters. The van der Waals surface area contributed by atoms with E-state index in [1.54, 1.807) is 6.08 Å². The number of nitriles is 1. The topological polar surface area (TPSA) is 36.1 Å². The third-order valence-corrected chi connectivity index (χ3v) is 2.95. The molecule has 1 aliphatic rings. The Kier molecular flexibility index (Phi) is 4.76. The molecular formula is C14H18N2. The average Bonchev–Trinajstić information content (AvgIpc) is 2.47. The molecule has 2 nitrogen and oxygen atoms in total. The van der Waals surface area contributed by atoms with E-state index in [9.17, 15) is 0 Å². The van der Waals surface area contributed by atoms with E-state index < -0.39 is 0 Å². The van der Waals surface area contributed by atoms with Gasteiger partial charge in [-0.05, 0) is 37.3 Å². The van der Waals surface area contributed by atoms with E-state index in [0.717, 1.165) is 18.0 Å². The first-order valence-corrected chi connectivity index (χ1v) is 5.78. The number of allylic oxidation sites excluding steroid dienone is 3. The van der Waals surface area contributed by atoms with Crippen LogP contribution in [0.5, 0.6) is 0 Å². The van der Waals surface area contributed by atoms with Crippen LogP contribution >= 0.6 is 0 Å². The number of aliphatic imine (C=N–C) groups is 1. The molecular weight excluding hydrogens is 196 g/mol. The Labute approximate surface area is 97.7 Å². The van der Waals surface area contributed by atoms with E-state index in [0.29, 0.717) is 5.71 Å². The molecule has 0 N–H and O–H groups in total. The second-order valence-electron chi connectivity index (χ2n) is 4.23. The summed E-state index contributed by atoms with van der Waals surface area (Å²) >= 11 is 0. The van der Waals surface area contributed by atoms with Crippen LogP contribution in [-0.2, 0) is 0 Å². The highest BCUT2D eigenvalue weighted by Crippen LogP contribution is 2.20. The van der Waals surface area contributed by atoms with Crippen molar-refractivity contribution in [3.05, 3.63) is 29.2 Å². The Morgan fingerprint density at radius 1 is 1.50 bits per heavy atom. The SMILES string of the molecule is CCC(C)CCC1=C(C)N=C(C#N)C=C=C1. The Morgan fingerprint density at radius 3 is 2.88 bits per heavy atom. The van der Waals surface area contributed by atoms with Crippen LogP contribution in [-0.4, -0.2) is 5.71 Å². The summed E-state index contributed by atoms with van der Waals surface area (Å²) < 4.78 is 0. The first kappa shape index (κ1) is 12.5. The van der Waals surface area contributed by atoms with Crippen molar-refractivity contribution < 1.29 is 0 Å². The fraction of sp³-hybridized carbons (Fsp3) is 0.500. The van der Waals surface area contributed by atoms with Gasteiger partial charge in [-0.25, -0.2) is 4.99 Å². The van der Waals surface area contributed by atoms with Crippen LogP contribution in [0.2, 0.25) is 0 Å². The Bertz CT molecular complexity index is 413. The summed E-state index contributed by atoms with van der Waals surface area (Å²) in [6.45, 7) is 6.43. The van der Waals surface area contributed by atoms with E-state index in [4.69, 9.17) is 5.26 Å². The lowest BCUT2D eigenvalue weighted by molar-refractivity contribution is 0.516. The molecule has 0 bridgehead atoms. The van der Waals surface area contributed by atoms with Gasteiger partial charge in [-0.15, -0.1) is 5.73 Å². The van der Waals surface area contributed by atoms with Crippen LogP contribution in [0.25, 0.3) is 0 Å². The predicted molar refractivity (Wildman–Crippen MR) is 67.1 cm³/mol. The minimum atomic E-state index is 0.437. The quantitative estimate of drug-likeness (QED) is 0.656. The standard InChI is InChI=1S/C14H18N2/c1-4-11(2)8-9-13-6-5-7-14(10-15)16-12(13)3/h6-7,11H,4,8-9H2,1-3H3. The summed E-state index contributed by atoms with van der Waals surface area (Å²) in [5, 5.41) is 8.79. The molecule has 1 heterocycles. The van der Waals surface area contributed by atoms with Crippen molar-refractivity contribution >= 4 is 5.71 Å². The van der Waals surface area contributed by atoms with Crippen molar-refractivity contribution in [2.45, 2.75) is 40.0 Å². The summed E-state index contributed by atoms with van der Waals surface area (Å²) in [4.78, 5) is 4.27. The zero-order valence-corrected chi connectivity index (χ0v) is 10.2. The molecule has 84 valence electrons. The van der Waals surface area contributed by atoms with Gasteiger partial charge in [0.05, 0.1) is 0 Å². The largest absolute Gasteiger partial charge is 0.241 e. The average molecular weight is 214 g/mol. The number of hydrogen-bond acceptors (Lipinski definition) is 2. The van der Waals surface area contributed by atoms with Gasteiger partial charge in [-0.3, -0.25) is 0 Å². The normalized spacial score (nSPS) is 16.8. The number of nitrogens with zero attached hydrogens (tertiary/aromatic N) is 2. The van der Waals surface area contributed by atoms with Gasteiger partial charge in [-0.1, -0.05) is 20.3 Å². The predicted octanol–water partition coefficient (Wildman–Crippen LogP) is 3.78. The highest BCUT2D eigenvalue weighted by atomic mass is 14.8. The molecule has 2 heteroatoms. The maximum Gasteiger partial charge on any atom is 0.148 e. The zero-order valence-electron chi connectivity index (χ0n) is 10.2. The van der Waals surface area contributed by atoms with Crippen molar-refractivity contribution in [2.24, 2.45) is 10.9 Å². The van der Waals surface area contributed by atoms with Crippen LogP contribution in [0.1, 0.15) is 40.0 Å². The monoisotopic (exact) mass is 214 g/mol. The molecule has 0 saturated heterocycles. The van der Waals surface area contributed by atoms with E-state index in [-0.39, 0.29) is 0 Å². The van der Waals surface area contributed by atoms with Crippen molar-refractivity contribution in [3.8, 4) is 6.07 Å². The molecule has 0 radical (unpaired) electrons. The molecule has 0 amide bonds. The molecule has 1 rings (SSSR count). The zero-order chi connectivity index (χ0) is 12.0. The lowest BCUT2D eigenvalue weighted by atomic mass is 9.98. The van der Waals surface area contributed by atoms with Crippen molar-refractivity contribution in [1.29, 1.82) is 5.26 Å². The molecule has 16 heavy (non-hydrogen) atoms. The van der Waals surface area contributed by atoms with E-state index >= 15 is 0 Å². The molecule has 0 fully saturated rings. The van der Waals surface area contributed by atoms with Crippen LogP contribution in [0.4, 0.5) is 0 Å². The van der Waals surface area contributed by atoms with Gasteiger partial charge in [0, 0.05) is 11.8 Å². The lowest BCUT2D eigenvalue weighted by Crippen LogP contribution is -1.94. The Hall–Kier alpha value is -1.58. The summed E-state index contributed by atoms with van der Waals surface area (Å²) in [5.74, 6) is 0.736. The van der Waals surface area contributed by atoms with Gasteiger partial charge in [0.2, 0.25) is 0 Å². The first-order valence-electron chi connectivity index (χ1n) is 5.78. The smallest absolute Gasteiger partial charge is 0.148 e. The van der Waals surface area contributed by atoms with E-state index in [2.05, 4.69) is 24.6 Å². The van der Waals surface area contributed by atoms with Crippen LogP contribution in [0, 0.1) is 17.2 Å². The molecule has 0 aromatic rings. The third-order valence-electron chi connectivity index (χ3n) is 2.95. The molecule has 1 aliphatic heterocycles. The van der Waals surface area contributed by atoms with Gasteiger partial charge in [0.25, 0.3) is 0 Å². The van der Waals surface area contributed by atoms with Gasteiger partial charge >= 0.3 is 0 Å². The van der Waals surface area contributed by atoms with Crippen LogP contribution < -0.4 is 0 Å². The molecule has 0 aromatic carbocycles. The maximum atomic E-state index is 8.79. The maximum absolute atomic E-state index is 8.79. The fourth-order valence-electron chi connectivity index (χ4n) is 1.53. The Morgan fingerprint density at radius 2 is 2.25 bits per heavy atom. The second-order valence-corrected chi connectivity index (χ2v) is 4.23. The van der Waals surface area contributed by atoms with E-state index in [1.807, 2.05) is 19.1 Å². The van der Waals surface area contributed by atoms with Gasteiger partial charge in [0.15, 0.2) is 0 Å². The first-order chi connectivity index (χ1) is 7.67. The lowest BCUT2D eigenvalue weighted by Gasteiger charge is -2.09. The summed E-state index contributed by atoms with van der Waals surface area (Å²) in [5.41, 5.74) is 5.59. The van der Waals surface area contributed by atoms with Gasteiger partial charge in [0.1, 0.15) is 11.8 Å². The number of rotatable bonds is 4. The minimum Gasteiger partial charge on any atom is -0.241 e. The Balaban J connectivity index is 2.77. The second kappa shape index (κ2) is 6.10. The van der Waals surface area contributed by atoms with Crippen molar-refractivity contribution in [2.75, 3.05) is 0 Å². The summed E-state index contributed by atoms with van der Waals surface area (Å²) in [6, 6.07) is 2.05. The van der Waals surface area contributed by atoms with Crippen molar-refractivity contribution in [1.82, 2.24) is 0 Å². The minimum absolute atomic E-state index is 0.437. The third kappa shape index (κ3) is 3.53. The molecule has 1 atom stereocenters. The molecule has 0 spiro atoms. The summed E-state index contributed by atoms with van der Waals surface area (Å²) in [6.07, 6.45) is 6.98. The van der Waals surface area contributed by atoms with Crippen molar-refractivity contribution in [3.63, 3.8) is 0 Å². The van der Waals surface area contributed by atoms with E-state index in [1.165, 1.54) is 18.4 Å². The number of hydrogen-bond donors (Lipinski definition) is 0. The molecule has 0 aromatic heterocycles. The molecule has 0 aliphatic carbocycles. The van der Waals surface area contributed by atoms with Gasteiger partial charge < -0.3 is 0 Å². The fourth-order valence-corrected chi connectivity index (χ4v) is 1.53. The molecule has 0 saturated carbocycles. The van der Waals surface area contributed by atoms with Gasteiger partial charge in [-0.2, -0.15) is 5.26 Å². The highest BCUT2D eigenvalue weighted by Gasteiger charge is 2.05.